The van der Waals surface area contributed by atoms with Crippen molar-refractivity contribution in [3.63, 3.8) is 0 Å². The zero-order chi connectivity index (χ0) is 29.4. The Kier molecular flexibility index (Phi) is 11.0. The molecule has 0 aliphatic carbocycles. The summed E-state index contributed by atoms with van der Waals surface area (Å²) < 4.78 is 28.7. The summed E-state index contributed by atoms with van der Waals surface area (Å²) >= 11 is 12.5. The third kappa shape index (κ3) is 7.99. The molecule has 0 unspecified atom stereocenters. The Morgan fingerprint density at radius 2 is 1.50 bits per heavy atom. The third-order valence-electron chi connectivity index (χ3n) is 6.61. The highest BCUT2D eigenvalue weighted by Gasteiger charge is 2.34. The normalized spacial score (nSPS) is 12.8. The second-order valence-corrected chi connectivity index (χ2v) is 12.4. The number of anilines is 1. The summed E-state index contributed by atoms with van der Waals surface area (Å²) in [4.78, 5) is 28.9. The Morgan fingerprint density at radius 1 is 0.900 bits per heavy atom. The molecule has 0 aliphatic heterocycles. The number of benzene rings is 3. The van der Waals surface area contributed by atoms with E-state index in [-0.39, 0.29) is 39.1 Å². The van der Waals surface area contributed by atoms with Crippen LogP contribution in [-0.4, -0.2) is 43.8 Å². The number of halogens is 2. The van der Waals surface area contributed by atoms with Gasteiger partial charge in [0.1, 0.15) is 12.6 Å². The molecular weight excluding hydrogens is 569 g/mol. The molecule has 2 atom stereocenters. The molecule has 214 valence electrons. The van der Waals surface area contributed by atoms with Crippen molar-refractivity contribution in [3.05, 3.63) is 94.0 Å². The van der Waals surface area contributed by atoms with E-state index in [0.717, 1.165) is 21.9 Å². The number of aryl methyl sites for hydroxylation is 1. The van der Waals surface area contributed by atoms with Gasteiger partial charge in [0.25, 0.3) is 10.0 Å². The van der Waals surface area contributed by atoms with Crippen LogP contribution in [0, 0.1) is 6.92 Å². The fourth-order valence-corrected chi connectivity index (χ4v) is 6.12. The summed E-state index contributed by atoms with van der Waals surface area (Å²) in [5.41, 5.74) is 2.01. The Morgan fingerprint density at radius 3 is 2.05 bits per heavy atom. The minimum atomic E-state index is -4.20. The van der Waals surface area contributed by atoms with Gasteiger partial charge in [0.2, 0.25) is 11.8 Å². The zero-order valence-electron chi connectivity index (χ0n) is 23.1. The van der Waals surface area contributed by atoms with Crippen molar-refractivity contribution >= 4 is 50.7 Å². The van der Waals surface area contributed by atoms with Crippen LogP contribution in [0.2, 0.25) is 10.0 Å². The predicted octanol–water partition coefficient (Wildman–Crippen LogP) is 6.22. The highest BCUT2D eigenvalue weighted by Crippen LogP contribution is 2.30. The Hall–Kier alpha value is -3.07. The number of rotatable bonds is 12. The van der Waals surface area contributed by atoms with Gasteiger partial charge in [-0.2, -0.15) is 0 Å². The van der Waals surface area contributed by atoms with Crippen molar-refractivity contribution in [1.29, 1.82) is 0 Å². The lowest BCUT2D eigenvalue weighted by Crippen LogP contribution is -2.53. The summed E-state index contributed by atoms with van der Waals surface area (Å²) in [5.74, 6) is -0.831. The number of hydrogen-bond acceptors (Lipinski definition) is 4. The van der Waals surface area contributed by atoms with Crippen molar-refractivity contribution in [2.45, 2.75) is 64.1 Å². The molecule has 0 saturated heterocycles. The van der Waals surface area contributed by atoms with Crippen molar-refractivity contribution in [2.75, 3.05) is 10.8 Å². The van der Waals surface area contributed by atoms with Crippen molar-refractivity contribution in [2.24, 2.45) is 0 Å². The molecule has 40 heavy (non-hydrogen) atoms. The van der Waals surface area contributed by atoms with Crippen molar-refractivity contribution < 1.29 is 18.0 Å². The summed E-state index contributed by atoms with van der Waals surface area (Å²) in [5, 5.41) is 3.41. The molecule has 0 fully saturated rings. The summed E-state index contributed by atoms with van der Waals surface area (Å²) in [6, 6.07) is 18.9. The topological polar surface area (TPSA) is 86.8 Å². The van der Waals surface area contributed by atoms with Crippen LogP contribution in [0.25, 0.3) is 0 Å². The predicted molar refractivity (Wildman–Crippen MR) is 161 cm³/mol. The second kappa shape index (κ2) is 14.0. The zero-order valence-corrected chi connectivity index (χ0v) is 25.4. The van der Waals surface area contributed by atoms with Crippen LogP contribution >= 0.6 is 23.2 Å². The second-order valence-electron chi connectivity index (χ2n) is 9.70. The van der Waals surface area contributed by atoms with E-state index < -0.39 is 28.5 Å². The lowest BCUT2D eigenvalue weighted by atomic mass is 10.1. The number of hydrogen-bond donors (Lipinski definition) is 1. The molecule has 0 spiro atoms. The lowest BCUT2D eigenvalue weighted by molar-refractivity contribution is -0.140. The summed E-state index contributed by atoms with van der Waals surface area (Å²) in [7, 11) is -4.20. The maximum Gasteiger partial charge on any atom is 0.264 e. The van der Waals surface area contributed by atoms with Gasteiger partial charge in [0.15, 0.2) is 0 Å². The van der Waals surface area contributed by atoms with Gasteiger partial charge in [-0.3, -0.25) is 13.9 Å². The Balaban J connectivity index is 2.07. The van der Waals surface area contributed by atoms with E-state index in [1.807, 2.05) is 52.0 Å². The van der Waals surface area contributed by atoms with Crippen LogP contribution in [0.5, 0.6) is 0 Å². The largest absolute Gasteiger partial charge is 0.352 e. The quantitative estimate of drug-likeness (QED) is 0.266. The third-order valence-corrected chi connectivity index (χ3v) is 8.83. The molecule has 0 aromatic heterocycles. The molecule has 3 aromatic carbocycles. The van der Waals surface area contributed by atoms with Crippen molar-refractivity contribution in [3.8, 4) is 0 Å². The first-order valence-electron chi connectivity index (χ1n) is 13.2. The van der Waals surface area contributed by atoms with E-state index >= 15 is 0 Å². The monoisotopic (exact) mass is 603 g/mol. The molecule has 0 bridgehead atoms. The van der Waals surface area contributed by atoms with Gasteiger partial charge >= 0.3 is 0 Å². The van der Waals surface area contributed by atoms with Gasteiger partial charge < -0.3 is 10.2 Å². The Labute approximate surface area is 247 Å². The first-order valence-corrected chi connectivity index (χ1v) is 15.3. The van der Waals surface area contributed by atoms with Crippen LogP contribution in [-0.2, 0) is 26.2 Å². The number of nitrogens with zero attached hydrogens (tertiary/aromatic N) is 2. The minimum absolute atomic E-state index is 0.00513. The number of amides is 2. The van der Waals surface area contributed by atoms with Crippen LogP contribution < -0.4 is 9.62 Å². The van der Waals surface area contributed by atoms with E-state index in [2.05, 4.69) is 5.32 Å². The van der Waals surface area contributed by atoms with E-state index in [1.165, 1.54) is 35.2 Å². The summed E-state index contributed by atoms with van der Waals surface area (Å²) in [6.45, 7) is 7.21. The van der Waals surface area contributed by atoms with E-state index in [0.29, 0.717) is 6.42 Å². The molecule has 10 heteroatoms. The lowest BCUT2D eigenvalue weighted by Gasteiger charge is -2.33. The van der Waals surface area contributed by atoms with Gasteiger partial charge in [-0.25, -0.2) is 8.42 Å². The molecular formula is C30H35Cl2N3O4S. The molecule has 0 aliphatic rings. The van der Waals surface area contributed by atoms with Crippen LogP contribution in [0.4, 0.5) is 5.69 Å². The average molecular weight is 605 g/mol. The highest BCUT2D eigenvalue weighted by atomic mass is 35.5. The van der Waals surface area contributed by atoms with Crippen LogP contribution in [0.15, 0.2) is 77.7 Å². The van der Waals surface area contributed by atoms with Gasteiger partial charge in [0, 0.05) is 22.6 Å². The average Bonchev–Trinajstić information content (AvgIpc) is 2.92. The smallest absolute Gasteiger partial charge is 0.264 e. The van der Waals surface area contributed by atoms with Crippen molar-refractivity contribution in [1.82, 2.24) is 10.2 Å². The number of carbonyl (C=O) groups is 2. The molecule has 3 rings (SSSR count). The summed E-state index contributed by atoms with van der Waals surface area (Å²) in [6.07, 6.45) is 1.07. The van der Waals surface area contributed by atoms with Gasteiger partial charge in [-0.05, 0) is 62.6 Å². The molecule has 0 radical (unpaired) electrons. The molecule has 7 nitrogen and oxygen atoms in total. The first kappa shape index (κ1) is 31.5. The number of nitrogens with one attached hydrogen (secondary N) is 1. The maximum absolute atomic E-state index is 14.1. The fraction of sp³-hybridized carbons (Fsp3) is 0.333. The maximum atomic E-state index is 14.1. The van der Waals surface area contributed by atoms with E-state index in [1.54, 1.807) is 18.2 Å². The van der Waals surface area contributed by atoms with Gasteiger partial charge in [-0.15, -0.1) is 0 Å². The number of sulfonamides is 1. The van der Waals surface area contributed by atoms with Gasteiger partial charge in [-0.1, -0.05) is 85.1 Å². The van der Waals surface area contributed by atoms with Gasteiger partial charge in [0.05, 0.1) is 10.6 Å². The molecule has 3 aromatic rings. The van der Waals surface area contributed by atoms with Crippen LogP contribution in [0.1, 0.15) is 44.7 Å². The van der Waals surface area contributed by atoms with Crippen LogP contribution in [0.3, 0.4) is 0 Å². The molecule has 0 saturated carbocycles. The minimum Gasteiger partial charge on any atom is -0.352 e. The number of carbonyl (C=O) groups excluding carboxylic acids is 2. The van der Waals surface area contributed by atoms with E-state index in [9.17, 15) is 18.0 Å². The standard InChI is InChI=1S/C30H35Cl2N3O4S/c1-5-22(4)33-30(37)28(6-2)34(19-23-14-12-21(3)13-15-23)29(36)20-35(26-17-24(31)16-25(32)18-26)40(38,39)27-10-8-7-9-11-27/h7-18,22,28H,5-6,19-20H2,1-4H3,(H,33,37)/t22-,28-/m1/s1. The molecule has 0 heterocycles. The first-order chi connectivity index (χ1) is 19.0. The molecule has 2 amide bonds. The van der Waals surface area contributed by atoms with E-state index in [4.69, 9.17) is 23.2 Å². The highest BCUT2D eigenvalue weighted by molar-refractivity contribution is 7.92. The molecule has 1 N–H and O–H groups in total. The fourth-order valence-electron chi connectivity index (χ4n) is 4.18. The Bertz CT molecular complexity index is 1400. The SMILES string of the molecule is CC[C@@H](C)NC(=O)[C@@H](CC)N(Cc1ccc(C)cc1)C(=O)CN(c1cc(Cl)cc(Cl)c1)S(=O)(=O)c1ccccc1.